The number of nitriles is 2. The van der Waals surface area contributed by atoms with E-state index in [1.807, 2.05) is 38.1 Å². The Kier molecular flexibility index (Phi) is 6.66. The summed E-state index contributed by atoms with van der Waals surface area (Å²) in [6, 6.07) is 12.3. The Morgan fingerprint density at radius 2 is 1.56 bits per heavy atom. The Labute approximate surface area is 150 Å². The molecule has 0 aromatic heterocycles. The van der Waals surface area contributed by atoms with E-state index < -0.39 is 0 Å². The Hall–Kier alpha value is -2.72. The first-order valence-corrected chi connectivity index (χ1v) is 8.83. The number of ether oxygens (including phenoxy) is 1. The maximum Gasteiger partial charge on any atom is 0.119 e. The molecular weight excluding hydrogens is 310 g/mol. The smallest absolute Gasteiger partial charge is 0.119 e. The molecule has 1 heterocycles. The van der Waals surface area contributed by atoms with Crippen LogP contribution >= 0.6 is 0 Å². The standard InChI is InChI=1S/C21H25N3O/c1-4-5-6-7-12-25-18-10-8-17(9-11-18)21-19(13-22)15(2)24-16(3)20(21)14-23/h8-11,21,24H,4-7,12H2,1-3H3. The van der Waals surface area contributed by atoms with Crippen LogP contribution in [0.3, 0.4) is 0 Å². The minimum atomic E-state index is -0.310. The van der Waals surface area contributed by atoms with Crippen LogP contribution in [-0.2, 0) is 0 Å². The predicted molar refractivity (Wildman–Crippen MR) is 98.6 cm³/mol. The molecule has 1 N–H and O–H groups in total. The molecular formula is C21H25N3O. The van der Waals surface area contributed by atoms with Crippen molar-refractivity contribution >= 4 is 0 Å². The van der Waals surface area contributed by atoms with E-state index in [2.05, 4.69) is 24.4 Å². The van der Waals surface area contributed by atoms with Gasteiger partial charge in [-0.3, -0.25) is 0 Å². The van der Waals surface area contributed by atoms with Crippen LogP contribution in [0.4, 0.5) is 0 Å². The zero-order valence-electron chi connectivity index (χ0n) is 15.2. The van der Waals surface area contributed by atoms with Gasteiger partial charge in [0.15, 0.2) is 0 Å². The highest BCUT2D eigenvalue weighted by atomic mass is 16.5. The summed E-state index contributed by atoms with van der Waals surface area (Å²) in [5, 5.41) is 22.2. The topological polar surface area (TPSA) is 68.8 Å². The third-order valence-electron chi connectivity index (χ3n) is 4.48. The third kappa shape index (κ3) is 4.43. The molecule has 0 radical (unpaired) electrons. The van der Waals surface area contributed by atoms with E-state index in [1.54, 1.807) is 0 Å². The molecule has 1 aromatic carbocycles. The van der Waals surface area contributed by atoms with E-state index in [0.717, 1.165) is 35.7 Å². The molecule has 0 saturated heterocycles. The second kappa shape index (κ2) is 8.94. The number of benzene rings is 1. The summed E-state index contributed by atoms with van der Waals surface area (Å²) in [5.41, 5.74) is 3.73. The first kappa shape index (κ1) is 18.6. The average Bonchev–Trinajstić information content (AvgIpc) is 2.61. The molecule has 0 bridgehead atoms. The molecule has 0 unspecified atom stereocenters. The van der Waals surface area contributed by atoms with Crippen molar-refractivity contribution in [2.24, 2.45) is 0 Å². The van der Waals surface area contributed by atoms with Crippen LogP contribution in [-0.4, -0.2) is 6.61 Å². The van der Waals surface area contributed by atoms with Crippen LogP contribution in [0.2, 0.25) is 0 Å². The molecule has 2 rings (SSSR count). The van der Waals surface area contributed by atoms with Crippen molar-refractivity contribution in [3.63, 3.8) is 0 Å². The number of dihydropyridines is 1. The van der Waals surface area contributed by atoms with Crippen molar-refractivity contribution in [3.8, 4) is 17.9 Å². The molecule has 130 valence electrons. The zero-order chi connectivity index (χ0) is 18.2. The number of nitrogens with one attached hydrogen (secondary N) is 1. The van der Waals surface area contributed by atoms with Crippen LogP contribution in [0.25, 0.3) is 0 Å². The van der Waals surface area contributed by atoms with Gasteiger partial charge < -0.3 is 10.1 Å². The summed E-state index contributed by atoms with van der Waals surface area (Å²) in [7, 11) is 0. The number of rotatable bonds is 7. The predicted octanol–water partition coefficient (Wildman–Crippen LogP) is 4.93. The summed E-state index contributed by atoms with van der Waals surface area (Å²) in [5.74, 6) is 0.516. The van der Waals surface area contributed by atoms with Gasteiger partial charge in [0.1, 0.15) is 5.75 Å². The van der Waals surface area contributed by atoms with Crippen molar-refractivity contribution < 1.29 is 4.74 Å². The molecule has 0 spiro atoms. The lowest BCUT2D eigenvalue weighted by Gasteiger charge is -2.26. The summed E-state index contributed by atoms with van der Waals surface area (Å²) in [6.45, 7) is 6.66. The van der Waals surface area contributed by atoms with E-state index in [1.165, 1.54) is 19.3 Å². The fourth-order valence-electron chi connectivity index (χ4n) is 3.10. The average molecular weight is 335 g/mol. The first-order valence-electron chi connectivity index (χ1n) is 8.83. The highest BCUT2D eigenvalue weighted by molar-refractivity contribution is 5.55. The Balaban J connectivity index is 2.15. The molecule has 0 saturated carbocycles. The maximum atomic E-state index is 9.53. The minimum Gasteiger partial charge on any atom is -0.494 e. The van der Waals surface area contributed by atoms with E-state index in [-0.39, 0.29) is 5.92 Å². The number of hydrogen-bond donors (Lipinski definition) is 1. The molecule has 0 amide bonds. The lowest BCUT2D eigenvalue weighted by molar-refractivity contribution is 0.305. The van der Waals surface area contributed by atoms with Crippen LogP contribution < -0.4 is 10.1 Å². The fraction of sp³-hybridized carbons (Fsp3) is 0.429. The van der Waals surface area contributed by atoms with E-state index >= 15 is 0 Å². The number of hydrogen-bond acceptors (Lipinski definition) is 4. The summed E-state index contributed by atoms with van der Waals surface area (Å²) >= 11 is 0. The van der Waals surface area contributed by atoms with Gasteiger partial charge in [-0.15, -0.1) is 0 Å². The number of allylic oxidation sites excluding steroid dienone is 4. The number of unbranched alkanes of at least 4 members (excludes halogenated alkanes) is 3. The van der Waals surface area contributed by atoms with Crippen molar-refractivity contribution in [1.82, 2.24) is 5.32 Å². The summed E-state index contributed by atoms with van der Waals surface area (Å²) in [4.78, 5) is 0. The Morgan fingerprint density at radius 1 is 0.960 bits per heavy atom. The normalized spacial score (nSPS) is 14.8. The molecule has 25 heavy (non-hydrogen) atoms. The molecule has 1 aliphatic rings. The van der Waals surface area contributed by atoms with E-state index in [9.17, 15) is 10.5 Å². The zero-order valence-corrected chi connectivity index (χ0v) is 15.2. The Bertz CT molecular complexity index is 709. The van der Waals surface area contributed by atoms with Crippen molar-refractivity contribution in [1.29, 1.82) is 10.5 Å². The van der Waals surface area contributed by atoms with Gasteiger partial charge in [-0.25, -0.2) is 0 Å². The molecule has 4 nitrogen and oxygen atoms in total. The highest BCUT2D eigenvalue weighted by Crippen LogP contribution is 2.37. The van der Waals surface area contributed by atoms with Gasteiger partial charge in [-0.05, 0) is 38.0 Å². The van der Waals surface area contributed by atoms with E-state index in [0.29, 0.717) is 11.1 Å². The van der Waals surface area contributed by atoms with Crippen LogP contribution in [0.15, 0.2) is 46.8 Å². The summed E-state index contributed by atoms with van der Waals surface area (Å²) < 4.78 is 5.78. The van der Waals surface area contributed by atoms with Gasteiger partial charge in [0.05, 0.1) is 35.8 Å². The molecule has 1 aromatic rings. The molecule has 0 aliphatic carbocycles. The second-order valence-electron chi connectivity index (χ2n) is 6.34. The number of nitrogens with zero attached hydrogens (tertiary/aromatic N) is 2. The van der Waals surface area contributed by atoms with Gasteiger partial charge >= 0.3 is 0 Å². The van der Waals surface area contributed by atoms with Crippen LogP contribution in [0, 0.1) is 22.7 Å². The van der Waals surface area contributed by atoms with Gasteiger partial charge in [-0.2, -0.15) is 10.5 Å². The molecule has 0 fully saturated rings. The fourth-order valence-corrected chi connectivity index (χ4v) is 3.10. The lowest BCUT2D eigenvalue weighted by atomic mass is 9.81. The SMILES string of the molecule is CCCCCCOc1ccc(C2C(C#N)=C(C)NC(C)=C2C#N)cc1. The van der Waals surface area contributed by atoms with Crippen LogP contribution in [0.5, 0.6) is 5.75 Å². The largest absolute Gasteiger partial charge is 0.494 e. The Morgan fingerprint density at radius 3 is 2.08 bits per heavy atom. The highest BCUT2D eigenvalue weighted by Gasteiger charge is 2.29. The second-order valence-corrected chi connectivity index (χ2v) is 6.34. The first-order chi connectivity index (χ1) is 12.1. The molecule has 0 atom stereocenters. The van der Waals surface area contributed by atoms with Crippen molar-refractivity contribution in [3.05, 3.63) is 52.4 Å². The third-order valence-corrected chi connectivity index (χ3v) is 4.48. The molecule has 4 heteroatoms. The van der Waals surface area contributed by atoms with Gasteiger partial charge in [0, 0.05) is 11.4 Å². The maximum absolute atomic E-state index is 9.53. The molecule has 1 aliphatic heterocycles. The monoisotopic (exact) mass is 335 g/mol. The minimum absolute atomic E-state index is 0.310. The quantitative estimate of drug-likeness (QED) is 0.717. The van der Waals surface area contributed by atoms with Crippen molar-refractivity contribution in [2.45, 2.75) is 52.4 Å². The van der Waals surface area contributed by atoms with Crippen molar-refractivity contribution in [2.75, 3.05) is 6.61 Å². The van der Waals surface area contributed by atoms with Crippen LogP contribution in [0.1, 0.15) is 57.9 Å². The van der Waals surface area contributed by atoms with Gasteiger partial charge in [0.25, 0.3) is 0 Å². The van der Waals surface area contributed by atoms with Gasteiger partial charge in [0.2, 0.25) is 0 Å². The summed E-state index contributed by atoms with van der Waals surface area (Å²) in [6.07, 6.45) is 4.70. The lowest BCUT2D eigenvalue weighted by Crippen LogP contribution is -2.23. The van der Waals surface area contributed by atoms with E-state index in [4.69, 9.17) is 4.74 Å². The van der Waals surface area contributed by atoms with Gasteiger partial charge in [-0.1, -0.05) is 38.3 Å².